The summed E-state index contributed by atoms with van der Waals surface area (Å²) in [6.45, 7) is 8.92. The van der Waals surface area contributed by atoms with Crippen LogP contribution in [0.3, 0.4) is 0 Å². The van der Waals surface area contributed by atoms with Crippen LogP contribution >= 0.6 is 0 Å². The summed E-state index contributed by atoms with van der Waals surface area (Å²) in [5, 5.41) is 5.51. The number of hydrogen-bond acceptors (Lipinski definition) is 2. The maximum absolute atomic E-state index is 11.6. The highest BCUT2D eigenvalue weighted by Gasteiger charge is 2.14. The highest BCUT2D eigenvalue weighted by molar-refractivity contribution is 5.84. The number of amides is 3. The van der Waals surface area contributed by atoms with Gasteiger partial charge in [0.1, 0.15) is 6.54 Å². The van der Waals surface area contributed by atoms with Crippen LogP contribution in [-0.4, -0.2) is 42.5 Å². The number of nitrogens with one attached hydrogen (secondary N) is 2. The van der Waals surface area contributed by atoms with Crippen LogP contribution in [0.25, 0.3) is 0 Å². The molecule has 0 aromatic heterocycles. The third-order valence-corrected chi connectivity index (χ3v) is 1.98. The van der Waals surface area contributed by atoms with E-state index in [1.165, 1.54) is 4.90 Å². The second-order valence-corrected chi connectivity index (χ2v) is 3.97. The maximum atomic E-state index is 11.6. The average Bonchev–Trinajstić information content (AvgIpc) is 2.21. The number of rotatable bonds is 6. The lowest BCUT2D eigenvalue weighted by molar-refractivity contribution is -0.122. The van der Waals surface area contributed by atoms with Crippen molar-refractivity contribution in [2.45, 2.75) is 40.2 Å². The summed E-state index contributed by atoms with van der Waals surface area (Å²) in [4.78, 5) is 24.6. The fourth-order valence-corrected chi connectivity index (χ4v) is 1.21. The van der Waals surface area contributed by atoms with E-state index in [2.05, 4.69) is 10.6 Å². The Kier molecular flexibility index (Phi) is 7.33. The lowest BCUT2D eigenvalue weighted by Gasteiger charge is -2.21. The Morgan fingerprint density at radius 2 is 1.88 bits per heavy atom. The molecule has 0 atom stereocenters. The van der Waals surface area contributed by atoms with Gasteiger partial charge in [-0.1, -0.05) is 6.92 Å². The fourth-order valence-electron chi connectivity index (χ4n) is 1.21. The molecule has 94 valence electrons. The van der Waals surface area contributed by atoms with Crippen molar-refractivity contribution in [3.63, 3.8) is 0 Å². The number of carbonyl (C=O) groups excluding carboxylic acids is 2. The van der Waals surface area contributed by atoms with Crippen molar-refractivity contribution in [3.05, 3.63) is 0 Å². The van der Waals surface area contributed by atoms with Crippen molar-refractivity contribution in [3.8, 4) is 0 Å². The lowest BCUT2D eigenvalue weighted by Crippen LogP contribution is -2.46. The van der Waals surface area contributed by atoms with Gasteiger partial charge in [0.15, 0.2) is 0 Å². The van der Waals surface area contributed by atoms with Crippen LogP contribution in [0.5, 0.6) is 0 Å². The Hall–Kier alpha value is -1.26. The number of urea groups is 1. The largest absolute Gasteiger partial charge is 0.352 e. The van der Waals surface area contributed by atoms with Crippen LogP contribution in [0.4, 0.5) is 4.79 Å². The third-order valence-electron chi connectivity index (χ3n) is 1.98. The van der Waals surface area contributed by atoms with Crippen LogP contribution in [0, 0.1) is 0 Å². The molecule has 0 aliphatic carbocycles. The molecule has 16 heavy (non-hydrogen) atoms. The zero-order chi connectivity index (χ0) is 12.6. The SMILES string of the molecule is CCCNC(=O)N(CC)CC(=O)NC(C)C. The van der Waals surface area contributed by atoms with E-state index in [9.17, 15) is 9.59 Å². The molecule has 0 aromatic rings. The minimum Gasteiger partial charge on any atom is -0.352 e. The Bertz CT molecular complexity index is 229. The summed E-state index contributed by atoms with van der Waals surface area (Å²) in [5.41, 5.74) is 0. The second-order valence-electron chi connectivity index (χ2n) is 3.97. The Labute approximate surface area is 97.6 Å². The molecule has 0 rings (SSSR count). The smallest absolute Gasteiger partial charge is 0.317 e. The van der Waals surface area contributed by atoms with Gasteiger partial charge in [0.05, 0.1) is 0 Å². The van der Waals surface area contributed by atoms with Gasteiger partial charge in [0, 0.05) is 19.1 Å². The number of nitrogens with zero attached hydrogens (tertiary/aromatic N) is 1. The summed E-state index contributed by atoms with van der Waals surface area (Å²) in [6.07, 6.45) is 0.890. The van der Waals surface area contributed by atoms with E-state index in [4.69, 9.17) is 0 Å². The van der Waals surface area contributed by atoms with Gasteiger partial charge in [-0.05, 0) is 27.2 Å². The first-order chi connectivity index (χ1) is 7.51. The molecule has 0 spiro atoms. The average molecular weight is 229 g/mol. The van der Waals surface area contributed by atoms with E-state index in [0.717, 1.165) is 6.42 Å². The van der Waals surface area contributed by atoms with Gasteiger partial charge in [-0.3, -0.25) is 4.79 Å². The predicted octanol–water partition coefficient (Wildman–Crippen LogP) is 0.952. The molecule has 3 amide bonds. The van der Waals surface area contributed by atoms with Gasteiger partial charge in [-0.15, -0.1) is 0 Å². The van der Waals surface area contributed by atoms with Crippen molar-refractivity contribution in [2.24, 2.45) is 0 Å². The lowest BCUT2D eigenvalue weighted by atomic mass is 10.4. The molecule has 0 aliphatic rings. The zero-order valence-electron chi connectivity index (χ0n) is 10.7. The van der Waals surface area contributed by atoms with Gasteiger partial charge < -0.3 is 15.5 Å². The van der Waals surface area contributed by atoms with Crippen LogP contribution in [0.2, 0.25) is 0 Å². The summed E-state index contributed by atoms with van der Waals surface area (Å²) in [5.74, 6) is -0.122. The van der Waals surface area contributed by atoms with Crippen molar-refractivity contribution in [2.75, 3.05) is 19.6 Å². The van der Waals surface area contributed by atoms with Gasteiger partial charge in [0.2, 0.25) is 5.91 Å². The highest BCUT2D eigenvalue weighted by Crippen LogP contribution is 1.90. The molecular formula is C11H23N3O2. The first kappa shape index (κ1) is 14.7. The summed E-state index contributed by atoms with van der Waals surface area (Å²) < 4.78 is 0. The molecule has 0 unspecified atom stereocenters. The molecule has 0 aromatic carbocycles. The van der Waals surface area contributed by atoms with E-state index in [1.54, 1.807) is 0 Å². The van der Waals surface area contributed by atoms with Crippen molar-refractivity contribution in [1.82, 2.24) is 15.5 Å². The molecule has 0 saturated carbocycles. The second kappa shape index (κ2) is 7.96. The zero-order valence-corrected chi connectivity index (χ0v) is 10.7. The maximum Gasteiger partial charge on any atom is 0.317 e. The summed E-state index contributed by atoms with van der Waals surface area (Å²) in [7, 11) is 0. The summed E-state index contributed by atoms with van der Waals surface area (Å²) >= 11 is 0. The number of hydrogen-bond donors (Lipinski definition) is 2. The molecule has 0 bridgehead atoms. The minimum atomic E-state index is -0.178. The van der Waals surface area contributed by atoms with E-state index in [-0.39, 0.29) is 24.5 Å². The molecular weight excluding hydrogens is 206 g/mol. The number of carbonyl (C=O) groups is 2. The molecule has 2 N–H and O–H groups in total. The quantitative estimate of drug-likeness (QED) is 0.712. The van der Waals surface area contributed by atoms with Crippen LogP contribution in [0.1, 0.15) is 34.1 Å². The first-order valence-corrected chi connectivity index (χ1v) is 5.83. The van der Waals surface area contributed by atoms with E-state index in [1.807, 2.05) is 27.7 Å². The van der Waals surface area contributed by atoms with Gasteiger partial charge in [0.25, 0.3) is 0 Å². The number of likely N-dealkylation sites (N-methyl/N-ethyl adjacent to an activating group) is 1. The molecule has 0 heterocycles. The highest BCUT2D eigenvalue weighted by atomic mass is 16.2. The predicted molar refractivity (Wildman–Crippen MR) is 64.2 cm³/mol. The van der Waals surface area contributed by atoms with Gasteiger partial charge in [-0.25, -0.2) is 4.79 Å². The van der Waals surface area contributed by atoms with Crippen molar-refractivity contribution >= 4 is 11.9 Å². The monoisotopic (exact) mass is 229 g/mol. The third kappa shape index (κ3) is 6.27. The van der Waals surface area contributed by atoms with Crippen molar-refractivity contribution in [1.29, 1.82) is 0 Å². The molecule has 0 fully saturated rings. The van der Waals surface area contributed by atoms with E-state index in [0.29, 0.717) is 13.1 Å². The van der Waals surface area contributed by atoms with Crippen LogP contribution in [-0.2, 0) is 4.79 Å². The molecule has 5 heteroatoms. The van der Waals surface area contributed by atoms with Gasteiger partial charge in [-0.2, -0.15) is 0 Å². The topological polar surface area (TPSA) is 61.4 Å². The van der Waals surface area contributed by atoms with Crippen molar-refractivity contribution < 1.29 is 9.59 Å². The van der Waals surface area contributed by atoms with Gasteiger partial charge >= 0.3 is 6.03 Å². The Morgan fingerprint density at radius 3 is 2.31 bits per heavy atom. The van der Waals surface area contributed by atoms with Crippen LogP contribution in [0.15, 0.2) is 0 Å². The molecule has 0 radical (unpaired) electrons. The Balaban J connectivity index is 4.08. The minimum absolute atomic E-state index is 0.102. The fraction of sp³-hybridized carbons (Fsp3) is 0.818. The molecule has 5 nitrogen and oxygen atoms in total. The first-order valence-electron chi connectivity index (χ1n) is 5.83. The standard InChI is InChI=1S/C11H23N3O2/c1-5-7-12-11(16)14(6-2)8-10(15)13-9(3)4/h9H,5-8H2,1-4H3,(H,12,16)(H,13,15). The van der Waals surface area contributed by atoms with Crippen LogP contribution < -0.4 is 10.6 Å². The molecule has 0 saturated heterocycles. The summed E-state index contributed by atoms with van der Waals surface area (Å²) in [6, 6.07) is -0.0758. The normalized spacial score (nSPS) is 10.1. The van der Waals surface area contributed by atoms with E-state index >= 15 is 0 Å². The Morgan fingerprint density at radius 1 is 1.25 bits per heavy atom. The molecule has 0 aliphatic heterocycles. The van der Waals surface area contributed by atoms with E-state index < -0.39 is 0 Å².